The van der Waals surface area contributed by atoms with Gasteiger partial charge in [-0.05, 0) is 13.0 Å². The number of rotatable bonds is 0. The first-order valence-electron chi connectivity index (χ1n) is 6.18. The summed E-state index contributed by atoms with van der Waals surface area (Å²) in [5.41, 5.74) is 0.222. The van der Waals surface area contributed by atoms with E-state index in [0.29, 0.717) is 5.57 Å². The van der Waals surface area contributed by atoms with Crippen molar-refractivity contribution in [3.63, 3.8) is 0 Å². The minimum absolute atomic E-state index is 0.0520. The zero-order chi connectivity index (χ0) is 13.9. The number of hydrogen-bond acceptors (Lipinski definition) is 4. The van der Waals surface area contributed by atoms with Gasteiger partial charge in [-0.1, -0.05) is 26.0 Å². The molecule has 0 fully saturated rings. The molecule has 0 saturated heterocycles. The summed E-state index contributed by atoms with van der Waals surface area (Å²) in [5.74, 6) is -0.713. The second-order valence-corrected chi connectivity index (χ2v) is 5.54. The van der Waals surface area contributed by atoms with Crippen molar-refractivity contribution in [3.05, 3.63) is 40.7 Å². The summed E-state index contributed by atoms with van der Waals surface area (Å²) in [6, 6.07) is 4.54. The van der Waals surface area contributed by atoms with Crippen LogP contribution in [0.4, 0.5) is 0 Å². The van der Waals surface area contributed by atoms with Gasteiger partial charge in [-0.15, -0.1) is 0 Å². The molecule has 1 atom stereocenters. The van der Waals surface area contributed by atoms with Crippen molar-refractivity contribution in [1.29, 1.82) is 0 Å². The number of benzene rings is 1. The number of carbonyl (C=O) groups excluding carboxylic acids is 2. The summed E-state index contributed by atoms with van der Waals surface area (Å²) in [4.78, 5) is 25.0. The van der Waals surface area contributed by atoms with Crippen LogP contribution >= 0.6 is 0 Å². The lowest BCUT2D eigenvalue weighted by Crippen LogP contribution is -2.29. The lowest BCUT2D eigenvalue weighted by molar-refractivity contribution is 0.0721. The standard InChI is InChI=1S/C15H14O4/c1-7-15(2,3)11-12(17)8-5-4-6-9(16)10(8)13(18)14(11)19-7/h4-7,16H,1-3H3/t7-/m0/s1. The van der Waals surface area contributed by atoms with Gasteiger partial charge in [0.1, 0.15) is 11.9 Å². The van der Waals surface area contributed by atoms with Gasteiger partial charge in [0.2, 0.25) is 5.78 Å². The second kappa shape index (κ2) is 3.47. The average Bonchev–Trinajstić information content (AvgIpc) is 2.58. The van der Waals surface area contributed by atoms with E-state index in [9.17, 15) is 14.7 Å². The molecule has 1 aromatic carbocycles. The second-order valence-electron chi connectivity index (χ2n) is 5.54. The van der Waals surface area contributed by atoms with E-state index in [1.54, 1.807) is 12.1 Å². The molecule has 1 aliphatic carbocycles. The third kappa shape index (κ3) is 1.34. The monoisotopic (exact) mass is 258 g/mol. The number of ether oxygens (including phenoxy) is 1. The highest BCUT2D eigenvalue weighted by atomic mass is 16.5. The smallest absolute Gasteiger partial charge is 0.232 e. The molecule has 0 radical (unpaired) electrons. The van der Waals surface area contributed by atoms with Crippen LogP contribution in [-0.4, -0.2) is 22.8 Å². The molecule has 0 spiro atoms. The Morgan fingerprint density at radius 2 is 1.89 bits per heavy atom. The van der Waals surface area contributed by atoms with Gasteiger partial charge < -0.3 is 9.84 Å². The van der Waals surface area contributed by atoms with Gasteiger partial charge in [-0.2, -0.15) is 0 Å². The van der Waals surface area contributed by atoms with E-state index >= 15 is 0 Å². The van der Waals surface area contributed by atoms with Gasteiger partial charge in [-0.3, -0.25) is 9.59 Å². The van der Waals surface area contributed by atoms with Gasteiger partial charge in [0.25, 0.3) is 0 Å². The van der Waals surface area contributed by atoms with Crippen molar-refractivity contribution in [2.45, 2.75) is 26.9 Å². The fourth-order valence-electron chi connectivity index (χ4n) is 2.66. The number of hydrogen-bond donors (Lipinski definition) is 1. The zero-order valence-electron chi connectivity index (χ0n) is 11.0. The van der Waals surface area contributed by atoms with Crippen molar-refractivity contribution in [3.8, 4) is 5.75 Å². The molecule has 0 amide bonds. The summed E-state index contributed by atoms with van der Waals surface area (Å²) in [6.45, 7) is 5.61. The molecule has 0 saturated carbocycles. The molecule has 2 aliphatic rings. The number of phenols is 1. The maximum absolute atomic E-state index is 12.6. The number of Topliss-reactive ketones (excluding diaryl/α,β-unsaturated/α-hetero) is 2. The molecule has 1 N–H and O–H groups in total. The van der Waals surface area contributed by atoms with Crippen LogP contribution in [0.25, 0.3) is 0 Å². The van der Waals surface area contributed by atoms with E-state index in [-0.39, 0.29) is 34.5 Å². The van der Waals surface area contributed by atoms with Crippen molar-refractivity contribution in [2.75, 3.05) is 0 Å². The summed E-state index contributed by atoms with van der Waals surface area (Å²) < 4.78 is 5.57. The Kier molecular flexibility index (Phi) is 2.18. The Morgan fingerprint density at radius 3 is 2.58 bits per heavy atom. The molecule has 4 nitrogen and oxygen atoms in total. The predicted molar refractivity (Wildman–Crippen MR) is 68.1 cm³/mol. The largest absolute Gasteiger partial charge is 0.507 e. The number of fused-ring (bicyclic) bond motifs is 1. The first kappa shape index (κ1) is 12.0. The fraction of sp³-hybridized carbons (Fsp3) is 0.333. The zero-order valence-corrected chi connectivity index (χ0v) is 11.0. The molecular formula is C15H14O4. The van der Waals surface area contributed by atoms with Crippen LogP contribution in [0.15, 0.2) is 29.5 Å². The third-order valence-electron chi connectivity index (χ3n) is 4.13. The Labute approximate surface area is 110 Å². The van der Waals surface area contributed by atoms with E-state index in [1.165, 1.54) is 6.07 Å². The molecule has 0 aromatic heterocycles. The average molecular weight is 258 g/mol. The number of aromatic hydroxyl groups is 1. The first-order valence-corrected chi connectivity index (χ1v) is 6.18. The maximum Gasteiger partial charge on any atom is 0.232 e. The molecule has 4 heteroatoms. The first-order chi connectivity index (χ1) is 8.85. The van der Waals surface area contributed by atoms with Crippen molar-refractivity contribution < 1.29 is 19.4 Å². The highest BCUT2D eigenvalue weighted by molar-refractivity contribution is 6.28. The molecule has 1 aromatic rings. The van der Waals surface area contributed by atoms with Gasteiger partial charge in [0.05, 0.1) is 11.1 Å². The van der Waals surface area contributed by atoms with E-state index in [0.717, 1.165) is 0 Å². The normalized spacial score (nSPS) is 24.1. The topological polar surface area (TPSA) is 63.6 Å². The van der Waals surface area contributed by atoms with Crippen LogP contribution in [0, 0.1) is 5.41 Å². The Bertz CT molecular complexity index is 652. The Hall–Kier alpha value is -2.10. The summed E-state index contributed by atoms with van der Waals surface area (Å²) in [6.07, 6.45) is -0.248. The van der Waals surface area contributed by atoms with Crippen molar-refractivity contribution in [2.24, 2.45) is 5.41 Å². The van der Waals surface area contributed by atoms with Crippen LogP contribution in [-0.2, 0) is 4.74 Å². The number of allylic oxidation sites excluding steroid dienone is 1. The summed E-state index contributed by atoms with van der Waals surface area (Å²) in [7, 11) is 0. The molecule has 1 heterocycles. The summed E-state index contributed by atoms with van der Waals surface area (Å²) in [5, 5.41) is 9.81. The Balaban J connectivity index is 2.29. The number of ketones is 2. The van der Waals surface area contributed by atoms with E-state index in [4.69, 9.17) is 4.74 Å². The van der Waals surface area contributed by atoms with Crippen LogP contribution in [0.5, 0.6) is 5.75 Å². The molecule has 1 aliphatic heterocycles. The lowest BCUT2D eigenvalue weighted by Gasteiger charge is -2.25. The molecule has 3 rings (SSSR count). The number of phenolic OH excluding ortho intramolecular Hbond substituents is 1. The van der Waals surface area contributed by atoms with Gasteiger partial charge in [0, 0.05) is 11.0 Å². The minimum atomic E-state index is -0.509. The quantitative estimate of drug-likeness (QED) is 0.776. The molecule has 0 bridgehead atoms. The van der Waals surface area contributed by atoms with E-state index < -0.39 is 11.2 Å². The van der Waals surface area contributed by atoms with E-state index in [2.05, 4.69) is 0 Å². The van der Waals surface area contributed by atoms with Crippen LogP contribution in [0.2, 0.25) is 0 Å². The number of carbonyl (C=O) groups is 2. The van der Waals surface area contributed by atoms with Crippen LogP contribution < -0.4 is 0 Å². The predicted octanol–water partition coefficient (Wildman–Crippen LogP) is 2.47. The van der Waals surface area contributed by atoms with E-state index in [1.807, 2.05) is 20.8 Å². The molecular weight excluding hydrogens is 244 g/mol. The SMILES string of the molecule is C[C@@H]1OC2=C(C(=O)c3cccc(O)c3C2=O)C1(C)C. The van der Waals surface area contributed by atoms with Crippen LogP contribution in [0.1, 0.15) is 41.5 Å². The van der Waals surface area contributed by atoms with Crippen LogP contribution in [0.3, 0.4) is 0 Å². The molecule has 98 valence electrons. The lowest BCUT2D eigenvalue weighted by atomic mass is 9.74. The maximum atomic E-state index is 12.6. The Morgan fingerprint density at radius 1 is 1.21 bits per heavy atom. The van der Waals surface area contributed by atoms with Crippen molar-refractivity contribution in [1.82, 2.24) is 0 Å². The summed E-state index contributed by atoms with van der Waals surface area (Å²) >= 11 is 0. The molecule has 19 heavy (non-hydrogen) atoms. The van der Waals surface area contributed by atoms with Gasteiger partial charge in [-0.25, -0.2) is 0 Å². The van der Waals surface area contributed by atoms with Crippen molar-refractivity contribution >= 4 is 11.6 Å². The highest BCUT2D eigenvalue weighted by Gasteiger charge is 2.50. The highest BCUT2D eigenvalue weighted by Crippen LogP contribution is 2.47. The third-order valence-corrected chi connectivity index (χ3v) is 4.13. The van der Waals surface area contributed by atoms with Gasteiger partial charge in [0.15, 0.2) is 11.5 Å². The molecule has 0 unspecified atom stereocenters. The van der Waals surface area contributed by atoms with Gasteiger partial charge >= 0.3 is 0 Å². The minimum Gasteiger partial charge on any atom is -0.507 e. The fourth-order valence-corrected chi connectivity index (χ4v) is 2.66.